The zero-order valence-electron chi connectivity index (χ0n) is 11.5. The summed E-state index contributed by atoms with van der Waals surface area (Å²) in [6.07, 6.45) is 1.89. The average molecular weight is 261 g/mol. The Hall–Kier alpha value is -2.60. The van der Waals surface area contributed by atoms with Crippen molar-refractivity contribution in [2.75, 3.05) is 0 Å². The maximum absolute atomic E-state index is 8.88. The molecule has 1 aromatic heterocycles. The maximum Gasteiger partial charge on any atom is 0.0991 e. The fraction of sp³-hybridized carbons (Fsp3) is 0.176. The number of hydrogen-bond donors (Lipinski definition) is 0. The van der Waals surface area contributed by atoms with Crippen LogP contribution in [0.5, 0.6) is 0 Å². The number of rotatable bonds is 2. The molecular weight excluding hydrogens is 246 g/mol. The summed E-state index contributed by atoms with van der Waals surface area (Å²) >= 11 is 0. The number of nitriles is 1. The van der Waals surface area contributed by atoms with Gasteiger partial charge in [-0.1, -0.05) is 32.0 Å². The van der Waals surface area contributed by atoms with Crippen LogP contribution in [0.3, 0.4) is 0 Å². The molecule has 0 N–H and O–H groups in total. The molecule has 0 aliphatic rings. The molecule has 0 saturated heterocycles. The highest BCUT2D eigenvalue weighted by Gasteiger charge is 2.11. The molecule has 0 amide bonds. The Morgan fingerprint density at radius 3 is 2.50 bits per heavy atom. The van der Waals surface area contributed by atoms with E-state index >= 15 is 0 Å². The zero-order valence-corrected chi connectivity index (χ0v) is 11.5. The molecule has 0 fully saturated rings. The van der Waals surface area contributed by atoms with E-state index in [1.165, 1.54) is 5.56 Å². The van der Waals surface area contributed by atoms with Crippen LogP contribution in [-0.2, 0) is 0 Å². The fourth-order valence-corrected chi connectivity index (χ4v) is 2.45. The Morgan fingerprint density at radius 1 is 1.10 bits per heavy atom. The molecule has 3 aromatic rings. The molecule has 0 spiro atoms. The molecule has 3 heteroatoms. The lowest BCUT2D eigenvalue weighted by atomic mass is 10.0. The molecule has 20 heavy (non-hydrogen) atoms. The van der Waals surface area contributed by atoms with E-state index in [-0.39, 0.29) is 0 Å². The molecule has 3 nitrogen and oxygen atoms in total. The predicted molar refractivity (Wildman–Crippen MR) is 79.9 cm³/mol. The van der Waals surface area contributed by atoms with Crippen LogP contribution in [0.4, 0.5) is 0 Å². The van der Waals surface area contributed by atoms with E-state index < -0.39 is 0 Å². The lowest BCUT2D eigenvalue weighted by Crippen LogP contribution is -1.99. The monoisotopic (exact) mass is 261 g/mol. The Bertz CT molecular complexity index is 789. The number of nitrogens with zero attached hydrogens (tertiary/aromatic N) is 3. The minimum Gasteiger partial charge on any atom is -0.233 e. The highest BCUT2D eigenvalue weighted by Crippen LogP contribution is 2.27. The van der Waals surface area contributed by atoms with Crippen molar-refractivity contribution >= 4 is 10.9 Å². The number of para-hydroxylation sites is 1. The van der Waals surface area contributed by atoms with Crippen molar-refractivity contribution in [1.82, 2.24) is 9.78 Å². The molecule has 0 saturated carbocycles. The molecule has 0 radical (unpaired) electrons. The summed E-state index contributed by atoms with van der Waals surface area (Å²) in [5.74, 6) is 0.438. The number of hydrogen-bond acceptors (Lipinski definition) is 2. The first-order valence-electron chi connectivity index (χ1n) is 6.68. The molecule has 0 unspecified atom stereocenters. The normalized spacial score (nSPS) is 10.9. The fourth-order valence-electron chi connectivity index (χ4n) is 2.45. The van der Waals surface area contributed by atoms with Gasteiger partial charge in [0.2, 0.25) is 0 Å². The predicted octanol–water partition coefficient (Wildman–Crippen LogP) is 4.02. The molecule has 0 atom stereocenters. The summed E-state index contributed by atoms with van der Waals surface area (Å²) in [6, 6.07) is 15.9. The maximum atomic E-state index is 8.88. The summed E-state index contributed by atoms with van der Waals surface area (Å²) in [6.45, 7) is 4.37. The van der Waals surface area contributed by atoms with Gasteiger partial charge >= 0.3 is 0 Å². The van der Waals surface area contributed by atoms with E-state index in [4.69, 9.17) is 5.26 Å². The first-order chi connectivity index (χ1) is 9.70. The van der Waals surface area contributed by atoms with Gasteiger partial charge < -0.3 is 0 Å². The van der Waals surface area contributed by atoms with Crippen molar-refractivity contribution in [3.63, 3.8) is 0 Å². The first-order valence-corrected chi connectivity index (χ1v) is 6.68. The van der Waals surface area contributed by atoms with Gasteiger partial charge in [0, 0.05) is 5.39 Å². The Kier molecular flexibility index (Phi) is 3.00. The summed E-state index contributed by atoms with van der Waals surface area (Å²) in [4.78, 5) is 0. The SMILES string of the molecule is CC(C)c1cccc2cnn(-c3ccc(C#N)cc3)c12. The van der Waals surface area contributed by atoms with Gasteiger partial charge in [0.15, 0.2) is 0 Å². The minimum absolute atomic E-state index is 0.438. The van der Waals surface area contributed by atoms with E-state index in [0.717, 1.165) is 16.6 Å². The van der Waals surface area contributed by atoms with Crippen LogP contribution >= 0.6 is 0 Å². The van der Waals surface area contributed by atoms with Crippen LogP contribution in [0.1, 0.15) is 30.9 Å². The summed E-state index contributed by atoms with van der Waals surface area (Å²) in [7, 11) is 0. The smallest absolute Gasteiger partial charge is 0.0991 e. The van der Waals surface area contributed by atoms with Crippen molar-refractivity contribution < 1.29 is 0 Å². The highest BCUT2D eigenvalue weighted by atomic mass is 15.3. The van der Waals surface area contributed by atoms with Crippen molar-refractivity contribution in [3.05, 3.63) is 59.8 Å². The molecule has 98 valence electrons. The second-order valence-corrected chi connectivity index (χ2v) is 5.15. The van der Waals surface area contributed by atoms with Gasteiger partial charge in [-0.2, -0.15) is 10.4 Å². The first kappa shape index (κ1) is 12.4. The zero-order chi connectivity index (χ0) is 14.1. The van der Waals surface area contributed by atoms with Gasteiger partial charge in [0.05, 0.1) is 29.0 Å². The molecule has 0 aliphatic carbocycles. The van der Waals surface area contributed by atoms with Crippen LogP contribution in [0.15, 0.2) is 48.7 Å². The molecule has 0 bridgehead atoms. The van der Waals surface area contributed by atoms with Crippen molar-refractivity contribution in [3.8, 4) is 11.8 Å². The number of aromatic nitrogens is 2. The average Bonchev–Trinajstić information content (AvgIpc) is 2.91. The van der Waals surface area contributed by atoms with Gasteiger partial charge in [0.25, 0.3) is 0 Å². The third-order valence-electron chi connectivity index (χ3n) is 3.49. The van der Waals surface area contributed by atoms with Crippen molar-refractivity contribution in [2.45, 2.75) is 19.8 Å². The van der Waals surface area contributed by atoms with E-state index in [1.54, 1.807) is 0 Å². The third kappa shape index (κ3) is 1.96. The van der Waals surface area contributed by atoms with Crippen LogP contribution in [0.2, 0.25) is 0 Å². The molecule has 1 heterocycles. The van der Waals surface area contributed by atoms with Crippen LogP contribution < -0.4 is 0 Å². The lowest BCUT2D eigenvalue weighted by molar-refractivity contribution is 0.848. The molecular formula is C17H15N3. The standard InChI is InChI=1S/C17H15N3/c1-12(2)16-5-3-4-14-11-19-20(17(14)16)15-8-6-13(10-18)7-9-15/h3-9,11-12H,1-2H3. The number of benzene rings is 2. The quantitative estimate of drug-likeness (QED) is 0.699. The van der Waals surface area contributed by atoms with Gasteiger partial charge in [0.1, 0.15) is 0 Å². The van der Waals surface area contributed by atoms with E-state index in [2.05, 4.69) is 43.2 Å². The van der Waals surface area contributed by atoms with E-state index in [9.17, 15) is 0 Å². The largest absolute Gasteiger partial charge is 0.233 e. The lowest BCUT2D eigenvalue weighted by Gasteiger charge is -2.11. The molecule has 0 aliphatic heterocycles. The van der Waals surface area contributed by atoms with Gasteiger partial charge in [-0.15, -0.1) is 0 Å². The topological polar surface area (TPSA) is 41.6 Å². The minimum atomic E-state index is 0.438. The highest BCUT2D eigenvalue weighted by molar-refractivity contribution is 5.84. The Morgan fingerprint density at radius 2 is 1.85 bits per heavy atom. The Balaban J connectivity index is 2.23. The van der Waals surface area contributed by atoms with Crippen molar-refractivity contribution in [2.24, 2.45) is 0 Å². The van der Waals surface area contributed by atoms with Crippen molar-refractivity contribution in [1.29, 1.82) is 5.26 Å². The van der Waals surface area contributed by atoms with Crippen LogP contribution in [0, 0.1) is 11.3 Å². The second-order valence-electron chi connectivity index (χ2n) is 5.15. The Labute approximate surface area is 118 Å². The summed E-state index contributed by atoms with van der Waals surface area (Å²) in [5, 5.41) is 14.5. The third-order valence-corrected chi connectivity index (χ3v) is 3.49. The van der Waals surface area contributed by atoms with Crippen LogP contribution in [0.25, 0.3) is 16.6 Å². The number of fused-ring (bicyclic) bond motifs is 1. The van der Waals surface area contributed by atoms with E-state index in [1.807, 2.05) is 35.1 Å². The van der Waals surface area contributed by atoms with Gasteiger partial charge in [-0.05, 0) is 35.7 Å². The van der Waals surface area contributed by atoms with Crippen LogP contribution in [-0.4, -0.2) is 9.78 Å². The summed E-state index contributed by atoms with van der Waals surface area (Å²) < 4.78 is 1.95. The summed E-state index contributed by atoms with van der Waals surface area (Å²) in [5.41, 5.74) is 4.07. The van der Waals surface area contributed by atoms with E-state index in [0.29, 0.717) is 11.5 Å². The van der Waals surface area contributed by atoms with Gasteiger partial charge in [-0.3, -0.25) is 0 Å². The van der Waals surface area contributed by atoms with Gasteiger partial charge in [-0.25, -0.2) is 4.68 Å². The molecule has 3 rings (SSSR count). The second kappa shape index (κ2) is 4.82. The molecule has 2 aromatic carbocycles.